The van der Waals surface area contributed by atoms with Crippen LogP contribution in [-0.2, 0) is 9.47 Å². The predicted octanol–water partition coefficient (Wildman–Crippen LogP) is 4.27. The highest BCUT2D eigenvalue weighted by Crippen LogP contribution is 2.49. The Bertz CT molecular complexity index is 1330. The fraction of sp³-hybridized carbons (Fsp3) is 0.560. The molecule has 2 aliphatic carbocycles. The first-order valence-electron chi connectivity index (χ1n) is 12.9. The van der Waals surface area contributed by atoms with Gasteiger partial charge in [0.15, 0.2) is 22.6 Å². The number of aliphatic hydroxyl groups excluding tert-OH is 1. The third-order valence-corrected chi connectivity index (χ3v) is 8.17. The van der Waals surface area contributed by atoms with Crippen molar-refractivity contribution < 1.29 is 38.2 Å². The Morgan fingerprint density at radius 1 is 1.25 bits per heavy atom. The number of nitrogens with zero attached hydrogens (tertiary/aromatic N) is 4. The van der Waals surface area contributed by atoms with E-state index in [1.807, 2.05) is 6.92 Å². The molecule has 3 aliphatic rings. The number of fused-ring (bicyclic) bond motifs is 1. The van der Waals surface area contributed by atoms with E-state index in [-0.39, 0.29) is 23.8 Å². The maximum Gasteiger partial charge on any atom is 0.413 e. The number of thioether (sulfide) groups is 1. The van der Waals surface area contributed by atoms with Gasteiger partial charge in [-0.15, -0.1) is 0 Å². The number of carboxylic acid groups (broad SMARTS) is 1. The minimum atomic E-state index is -1.49. The van der Waals surface area contributed by atoms with Gasteiger partial charge >= 0.3 is 11.8 Å². The molecule has 216 valence electrons. The number of hydrogen-bond donors (Lipinski definition) is 3. The number of benzene rings is 1. The number of carbonyl (C=O) groups is 1. The lowest BCUT2D eigenvalue weighted by Gasteiger charge is -2.24. The van der Waals surface area contributed by atoms with Crippen LogP contribution in [0.25, 0.3) is 0 Å². The Morgan fingerprint density at radius 3 is 2.62 bits per heavy atom. The van der Waals surface area contributed by atoms with E-state index in [4.69, 9.17) is 9.47 Å². The second-order valence-corrected chi connectivity index (χ2v) is 11.5. The van der Waals surface area contributed by atoms with E-state index in [1.165, 1.54) is 17.8 Å². The van der Waals surface area contributed by atoms with Gasteiger partial charge in [-0.3, -0.25) is 15.0 Å². The number of rotatable bonds is 9. The zero-order valence-electron chi connectivity index (χ0n) is 21.9. The molecule has 2 aromatic rings. The van der Waals surface area contributed by atoms with Gasteiger partial charge in [0, 0.05) is 17.7 Å². The van der Waals surface area contributed by atoms with E-state index in [2.05, 4.69) is 15.3 Å². The van der Waals surface area contributed by atoms with Crippen LogP contribution in [-0.4, -0.2) is 73.1 Å². The van der Waals surface area contributed by atoms with E-state index in [0.29, 0.717) is 11.3 Å². The summed E-state index contributed by atoms with van der Waals surface area (Å²) in [5.41, 5.74) is -0.284. The maximum atomic E-state index is 13.9. The van der Waals surface area contributed by atoms with Gasteiger partial charge in [0.2, 0.25) is 11.6 Å². The second kappa shape index (κ2) is 10.7. The van der Waals surface area contributed by atoms with Crippen LogP contribution in [0, 0.1) is 21.7 Å². The fourth-order valence-electron chi connectivity index (χ4n) is 5.35. The predicted molar refractivity (Wildman–Crippen MR) is 140 cm³/mol. The fourth-order valence-corrected chi connectivity index (χ4v) is 6.04. The molecule has 0 radical (unpaired) electrons. The normalized spacial score (nSPS) is 28.2. The lowest BCUT2D eigenvalue weighted by atomic mass is 10.1. The number of hydrogen-bond acceptors (Lipinski definition) is 10. The van der Waals surface area contributed by atoms with Crippen molar-refractivity contribution in [1.82, 2.24) is 9.97 Å². The van der Waals surface area contributed by atoms with Crippen LogP contribution < -0.4 is 10.2 Å². The molecule has 0 spiro atoms. The van der Waals surface area contributed by atoms with Crippen molar-refractivity contribution in [1.29, 1.82) is 0 Å². The van der Waals surface area contributed by atoms with Crippen LogP contribution in [0.5, 0.6) is 0 Å². The van der Waals surface area contributed by atoms with Crippen LogP contribution in [0.3, 0.4) is 0 Å². The second-order valence-electron chi connectivity index (χ2n) is 10.5. The van der Waals surface area contributed by atoms with Gasteiger partial charge in [-0.25, -0.2) is 13.6 Å². The SMILES string of the molecule is CCCSc1nc(N[C@@H]2C[C@H](O)[C@H]3OC(C)(C)O[C@H]32)c([N+](=O)[O-])c(N(C(=O)O)[C@@H]2C[C@H]2c2ccc(F)c(F)c2)n1. The average molecular weight is 582 g/mol. The van der Waals surface area contributed by atoms with Crippen LogP contribution in [0.2, 0.25) is 0 Å². The van der Waals surface area contributed by atoms with Gasteiger partial charge in [0.1, 0.15) is 12.2 Å². The minimum absolute atomic E-state index is 0.125. The van der Waals surface area contributed by atoms with E-state index in [9.17, 15) is 33.9 Å². The largest absolute Gasteiger partial charge is 0.465 e. The lowest BCUT2D eigenvalue weighted by Crippen LogP contribution is -2.36. The highest BCUT2D eigenvalue weighted by molar-refractivity contribution is 7.99. The molecule has 1 aromatic carbocycles. The van der Waals surface area contributed by atoms with Crippen LogP contribution in [0.1, 0.15) is 51.5 Å². The quantitative estimate of drug-likeness (QED) is 0.168. The van der Waals surface area contributed by atoms with Crippen LogP contribution in [0.4, 0.5) is 30.9 Å². The lowest BCUT2D eigenvalue weighted by molar-refractivity contribution is -0.383. The molecule has 1 saturated heterocycles. The highest BCUT2D eigenvalue weighted by atomic mass is 32.2. The number of anilines is 2. The highest BCUT2D eigenvalue weighted by Gasteiger charge is 2.55. The van der Waals surface area contributed by atoms with E-state index in [1.54, 1.807) is 13.8 Å². The average Bonchev–Trinajstić information content (AvgIpc) is 3.50. The Kier molecular flexibility index (Phi) is 7.58. The van der Waals surface area contributed by atoms with Crippen molar-refractivity contribution in [2.75, 3.05) is 16.0 Å². The molecule has 0 unspecified atom stereocenters. The molecule has 1 aliphatic heterocycles. The summed E-state index contributed by atoms with van der Waals surface area (Å²) >= 11 is 1.21. The zero-order valence-corrected chi connectivity index (χ0v) is 22.7. The minimum Gasteiger partial charge on any atom is -0.465 e. The summed E-state index contributed by atoms with van der Waals surface area (Å²) in [6.45, 7) is 5.32. The maximum absolute atomic E-state index is 13.9. The molecule has 0 bridgehead atoms. The van der Waals surface area contributed by atoms with Gasteiger partial charge in [0.25, 0.3) is 0 Å². The summed E-state index contributed by atoms with van der Waals surface area (Å²) in [5.74, 6) is -3.65. The topological polar surface area (TPSA) is 160 Å². The number of nitrogens with one attached hydrogen (secondary N) is 1. The van der Waals surface area contributed by atoms with Crippen LogP contribution >= 0.6 is 11.8 Å². The summed E-state index contributed by atoms with van der Waals surface area (Å²) in [6, 6.07) is 1.90. The number of aromatic nitrogens is 2. The van der Waals surface area contributed by atoms with Gasteiger partial charge in [-0.1, -0.05) is 24.8 Å². The molecule has 15 heteroatoms. The van der Waals surface area contributed by atoms with E-state index >= 15 is 0 Å². The molecule has 2 heterocycles. The van der Waals surface area contributed by atoms with Gasteiger partial charge in [-0.2, -0.15) is 9.97 Å². The summed E-state index contributed by atoms with van der Waals surface area (Å²) in [4.78, 5) is 33.6. The molecular formula is C25H29F2N5O7S. The molecule has 40 heavy (non-hydrogen) atoms. The molecule has 3 fully saturated rings. The smallest absolute Gasteiger partial charge is 0.413 e. The summed E-state index contributed by atoms with van der Waals surface area (Å²) < 4.78 is 39.1. The molecule has 3 N–H and O–H groups in total. The van der Waals surface area contributed by atoms with Gasteiger partial charge in [-0.05, 0) is 50.8 Å². The Hall–Kier alpha value is -3.14. The van der Waals surface area contributed by atoms with Crippen molar-refractivity contribution in [2.45, 2.75) is 87.3 Å². The Balaban J connectivity index is 1.53. The number of amides is 1. The summed E-state index contributed by atoms with van der Waals surface area (Å²) in [5, 5.41) is 36.3. The van der Waals surface area contributed by atoms with Crippen molar-refractivity contribution in [3.05, 3.63) is 45.5 Å². The third-order valence-electron chi connectivity index (χ3n) is 7.11. The first-order valence-corrected chi connectivity index (χ1v) is 13.8. The molecule has 1 amide bonds. The zero-order chi connectivity index (χ0) is 28.9. The first kappa shape index (κ1) is 28.4. The van der Waals surface area contributed by atoms with Gasteiger partial charge < -0.3 is 25.0 Å². The molecule has 6 atom stereocenters. The van der Waals surface area contributed by atoms with Crippen molar-refractivity contribution in [3.8, 4) is 0 Å². The number of halogens is 2. The standard InChI is InChI=1S/C25H29F2N5O7S/c1-4-7-40-23-29-21(28-15-10-17(33)20-19(15)38-25(2,3)39-20)18(32(36)37)22(30-23)31(24(34)35)16-9-12(16)11-5-6-13(26)14(27)8-11/h5-6,8,12,15-17,19-20,33H,4,7,9-10H2,1-3H3,(H,34,35)(H,28,29,30)/t12-,15+,16+,17-,19-,20+/m0/s1. The van der Waals surface area contributed by atoms with Crippen molar-refractivity contribution >= 4 is 35.2 Å². The summed E-state index contributed by atoms with van der Waals surface area (Å²) in [7, 11) is 0. The molecule has 2 saturated carbocycles. The Morgan fingerprint density at radius 2 is 1.98 bits per heavy atom. The molecule has 1 aromatic heterocycles. The molecule has 5 rings (SSSR count). The Labute approximate surface area is 232 Å². The van der Waals surface area contributed by atoms with Crippen LogP contribution in [0.15, 0.2) is 23.4 Å². The van der Waals surface area contributed by atoms with E-state index in [0.717, 1.165) is 23.5 Å². The van der Waals surface area contributed by atoms with Crippen molar-refractivity contribution in [2.24, 2.45) is 0 Å². The number of ether oxygens (including phenoxy) is 2. The third kappa shape index (κ3) is 5.42. The monoisotopic (exact) mass is 581 g/mol. The number of nitro groups is 1. The molecule has 12 nitrogen and oxygen atoms in total. The van der Waals surface area contributed by atoms with Gasteiger partial charge in [0.05, 0.1) is 17.1 Å². The van der Waals surface area contributed by atoms with Crippen molar-refractivity contribution in [3.63, 3.8) is 0 Å². The van der Waals surface area contributed by atoms with E-state index < -0.39 is 76.3 Å². The summed E-state index contributed by atoms with van der Waals surface area (Å²) in [6.07, 6.45) is -2.53. The molecular weight excluding hydrogens is 552 g/mol. The number of aliphatic hydroxyl groups is 1. The first-order chi connectivity index (χ1) is 18.9.